The topological polar surface area (TPSA) is 105 Å². The van der Waals surface area contributed by atoms with Crippen LogP contribution in [-0.2, 0) is 14.8 Å². The van der Waals surface area contributed by atoms with Gasteiger partial charge < -0.3 is 4.42 Å². The quantitative estimate of drug-likeness (QED) is 0.672. The standard InChI is InChI=1S/C21H22N4O4S/c1-15-7-9-18(10-8-15)30(27,28)25-13-11-16(12-14-25)19(26)22-21-24-23-20(29-21)17-5-3-2-4-6-17/h2-10,16H,11-14H2,1H3,(H,22,24,26). The summed E-state index contributed by atoms with van der Waals surface area (Å²) < 4.78 is 32.5. The molecule has 0 spiro atoms. The number of amides is 1. The Morgan fingerprint density at radius 3 is 2.37 bits per heavy atom. The Morgan fingerprint density at radius 1 is 1.03 bits per heavy atom. The van der Waals surface area contributed by atoms with Crippen LogP contribution in [0.2, 0.25) is 0 Å². The van der Waals surface area contributed by atoms with Gasteiger partial charge in [0.1, 0.15) is 0 Å². The van der Waals surface area contributed by atoms with E-state index >= 15 is 0 Å². The molecule has 3 aromatic rings. The maximum Gasteiger partial charge on any atom is 0.322 e. The molecule has 0 unspecified atom stereocenters. The van der Waals surface area contributed by atoms with Gasteiger partial charge in [0.25, 0.3) is 0 Å². The molecule has 2 heterocycles. The fourth-order valence-corrected chi connectivity index (χ4v) is 4.87. The number of nitrogens with one attached hydrogen (secondary N) is 1. The van der Waals surface area contributed by atoms with Gasteiger partial charge in [-0.25, -0.2) is 8.42 Å². The Kier molecular flexibility index (Phi) is 5.65. The molecule has 1 N–H and O–H groups in total. The first-order chi connectivity index (χ1) is 14.4. The number of hydrogen-bond acceptors (Lipinski definition) is 6. The van der Waals surface area contributed by atoms with Gasteiger partial charge in [-0.2, -0.15) is 4.31 Å². The maximum atomic E-state index is 12.8. The number of anilines is 1. The molecule has 0 bridgehead atoms. The second-order valence-electron chi connectivity index (χ2n) is 7.26. The smallest absolute Gasteiger partial charge is 0.322 e. The van der Waals surface area contributed by atoms with Crippen molar-refractivity contribution in [3.63, 3.8) is 0 Å². The molecule has 0 saturated carbocycles. The van der Waals surface area contributed by atoms with Crippen LogP contribution in [0.1, 0.15) is 18.4 Å². The molecule has 1 aliphatic heterocycles. The first-order valence-corrected chi connectivity index (χ1v) is 11.1. The molecule has 1 aliphatic rings. The van der Waals surface area contributed by atoms with Crippen LogP contribution in [0.4, 0.5) is 6.01 Å². The Morgan fingerprint density at radius 2 is 1.70 bits per heavy atom. The van der Waals surface area contributed by atoms with Gasteiger partial charge in [0, 0.05) is 24.6 Å². The zero-order valence-electron chi connectivity index (χ0n) is 16.5. The Hall–Kier alpha value is -3.04. The number of hydrogen-bond donors (Lipinski definition) is 1. The summed E-state index contributed by atoms with van der Waals surface area (Å²) in [6.07, 6.45) is 0.854. The summed E-state index contributed by atoms with van der Waals surface area (Å²) in [5, 5.41) is 10.5. The SMILES string of the molecule is Cc1ccc(S(=O)(=O)N2CCC(C(=O)Nc3nnc(-c4ccccc4)o3)CC2)cc1. The number of rotatable bonds is 5. The lowest BCUT2D eigenvalue weighted by molar-refractivity contribution is -0.121. The van der Waals surface area contributed by atoms with E-state index in [1.54, 1.807) is 24.3 Å². The summed E-state index contributed by atoms with van der Waals surface area (Å²) >= 11 is 0. The van der Waals surface area contributed by atoms with Crippen molar-refractivity contribution in [2.24, 2.45) is 5.92 Å². The molecule has 8 nitrogen and oxygen atoms in total. The fourth-order valence-electron chi connectivity index (χ4n) is 3.40. The first-order valence-electron chi connectivity index (χ1n) is 9.70. The van der Waals surface area contributed by atoms with E-state index in [4.69, 9.17) is 4.42 Å². The van der Waals surface area contributed by atoms with Crippen LogP contribution in [0.15, 0.2) is 63.9 Å². The molecule has 30 heavy (non-hydrogen) atoms. The molecular formula is C21H22N4O4S. The van der Waals surface area contributed by atoms with Crippen LogP contribution in [0.25, 0.3) is 11.5 Å². The zero-order valence-corrected chi connectivity index (χ0v) is 17.3. The van der Waals surface area contributed by atoms with E-state index in [0.29, 0.717) is 18.7 Å². The molecule has 0 atom stereocenters. The van der Waals surface area contributed by atoms with Gasteiger partial charge in [-0.15, -0.1) is 5.10 Å². The summed E-state index contributed by atoms with van der Waals surface area (Å²) in [5.41, 5.74) is 1.76. The molecule has 2 aromatic carbocycles. The largest absolute Gasteiger partial charge is 0.403 e. The summed E-state index contributed by atoms with van der Waals surface area (Å²) in [4.78, 5) is 12.8. The van der Waals surface area contributed by atoms with Crippen LogP contribution in [-0.4, -0.2) is 41.9 Å². The number of carbonyl (C=O) groups is 1. The Bertz CT molecular complexity index is 1120. The lowest BCUT2D eigenvalue weighted by atomic mass is 9.97. The van der Waals surface area contributed by atoms with Crippen molar-refractivity contribution in [1.29, 1.82) is 0 Å². The van der Waals surface area contributed by atoms with Crippen LogP contribution in [0.5, 0.6) is 0 Å². The first kappa shape index (κ1) is 20.2. The van der Waals surface area contributed by atoms with Gasteiger partial charge >= 0.3 is 6.01 Å². The molecule has 1 saturated heterocycles. The maximum absolute atomic E-state index is 12.8. The predicted octanol–water partition coefficient (Wildman–Crippen LogP) is 3.08. The second kappa shape index (κ2) is 8.37. The highest BCUT2D eigenvalue weighted by atomic mass is 32.2. The van der Waals surface area contributed by atoms with Crippen LogP contribution in [0.3, 0.4) is 0 Å². The highest BCUT2D eigenvalue weighted by Gasteiger charge is 2.32. The number of benzene rings is 2. The number of aryl methyl sites for hydroxylation is 1. The zero-order chi connectivity index (χ0) is 21.1. The highest BCUT2D eigenvalue weighted by molar-refractivity contribution is 7.89. The molecular weight excluding hydrogens is 404 g/mol. The molecule has 4 rings (SSSR count). The minimum Gasteiger partial charge on any atom is -0.403 e. The number of piperidine rings is 1. The molecule has 156 valence electrons. The van der Waals surface area contributed by atoms with Crippen molar-refractivity contribution < 1.29 is 17.6 Å². The van der Waals surface area contributed by atoms with Crippen LogP contribution in [0, 0.1) is 12.8 Å². The van der Waals surface area contributed by atoms with E-state index in [2.05, 4.69) is 15.5 Å². The summed E-state index contributed by atoms with van der Waals surface area (Å²) in [6, 6.07) is 16.1. The van der Waals surface area contributed by atoms with Crippen LogP contribution < -0.4 is 5.32 Å². The highest BCUT2D eigenvalue weighted by Crippen LogP contribution is 2.25. The van der Waals surface area contributed by atoms with Crippen LogP contribution >= 0.6 is 0 Å². The van der Waals surface area contributed by atoms with Gasteiger partial charge in [0.05, 0.1) is 4.90 Å². The van der Waals surface area contributed by atoms with Gasteiger partial charge in [-0.3, -0.25) is 10.1 Å². The van der Waals surface area contributed by atoms with E-state index in [0.717, 1.165) is 11.1 Å². The minimum atomic E-state index is -3.55. The third-order valence-corrected chi connectivity index (χ3v) is 7.07. The third-order valence-electron chi connectivity index (χ3n) is 5.16. The van der Waals surface area contributed by atoms with Crippen molar-refractivity contribution >= 4 is 21.9 Å². The van der Waals surface area contributed by atoms with E-state index in [1.807, 2.05) is 37.3 Å². The average Bonchev–Trinajstić information content (AvgIpc) is 3.23. The molecule has 1 fully saturated rings. The summed E-state index contributed by atoms with van der Waals surface area (Å²) in [6.45, 7) is 2.48. The van der Waals surface area contributed by atoms with Crippen molar-refractivity contribution in [2.75, 3.05) is 18.4 Å². The van der Waals surface area contributed by atoms with Crippen molar-refractivity contribution in [3.8, 4) is 11.5 Å². The molecule has 9 heteroatoms. The van der Waals surface area contributed by atoms with Gasteiger partial charge in [-0.05, 0) is 44.0 Å². The lowest BCUT2D eigenvalue weighted by Crippen LogP contribution is -2.41. The fraction of sp³-hybridized carbons (Fsp3) is 0.286. The molecule has 1 aromatic heterocycles. The number of carbonyl (C=O) groups excluding carboxylic acids is 1. The minimum absolute atomic E-state index is 0.0357. The average molecular weight is 426 g/mol. The second-order valence-corrected chi connectivity index (χ2v) is 9.20. The normalized spacial score (nSPS) is 15.8. The molecule has 0 aliphatic carbocycles. The van der Waals surface area contributed by atoms with E-state index in [1.165, 1.54) is 4.31 Å². The van der Waals surface area contributed by atoms with Crippen molar-refractivity contribution in [1.82, 2.24) is 14.5 Å². The van der Waals surface area contributed by atoms with E-state index in [-0.39, 0.29) is 35.8 Å². The predicted molar refractivity (Wildman–Crippen MR) is 111 cm³/mol. The third kappa shape index (κ3) is 4.27. The Labute approximate surface area is 175 Å². The summed E-state index contributed by atoms with van der Waals surface area (Å²) in [5.74, 6) is -0.239. The summed E-state index contributed by atoms with van der Waals surface area (Å²) in [7, 11) is -3.55. The molecule has 1 amide bonds. The van der Waals surface area contributed by atoms with E-state index in [9.17, 15) is 13.2 Å². The number of aromatic nitrogens is 2. The van der Waals surface area contributed by atoms with Crippen molar-refractivity contribution in [3.05, 3.63) is 60.2 Å². The van der Waals surface area contributed by atoms with E-state index < -0.39 is 10.0 Å². The molecule has 0 radical (unpaired) electrons. The number of sulfonamides is 1. The monoisotopic (exact) mass is 426 g/mol. The van der Waals surface area contributed by atoms with Gasteiger partial charge in [0.15, 0.2) is 0 Å². The van der Waals surface area contributed by atoms with Gasteiger partial charge in [0.2, 0.25) is 21.8 Å². The van der Waals surface area contributed by atoms with Crippen molar-refractivity contribution in [2.45, 2.75) is 24.7 Å². The number of nitrogens with zero attached hydrogens (tertiary/aromatic N) is 3. The Balaban J connectivity index is 1.36. The lowest BCUT2D eigenvalue weighted by Gasteiger charge is -2.30. The van der Waals surface area contributed by atoms with Gasteiger partial charge in [-0.1, -0.05) is 41.0 Å².